The smallest absolute Gasteiger partial charge is 0.139 e. The molecule has 3 N–H and O–H groups in total. The van der Waals surface area contributed by atoms with Crippen molar-refractivity contribution in [3.8, 4) is 0 Å². The van der Waals surface area contributed by atoms with E-state index in [0.717, 1.165) is 12.4 Å². The summed E-state index contributed by atoms with van der Waals surface area (Å²) < 4.78 is 0. The topological polar surface area (TPSA) is 66.0 Å². The third kappa shape index (κ3) is 2.46. The van der Waals surface area contributed by atoms with Gasteiger partial charge < -0.3 is 10.6 Å². The van der Waals surface area contributed by atoms with E-state index in [1.807, 2.05) is 6.07 Å². The molecule has 0 aromatic carbocycles. The van der Waals surface area contributed by atoms with E-state index in [4.69, 9.17) is 11.1 Å². The van der Waals surface area contributed by atoms with Crippen LogP contribution in [-0.4, -0.2) is 23.4 Å². The summed E-state index contributed by atoms with van der Waals surface area (Å²) in [5.41, 5.74) is 6.23. The maximum Gasteiger partial charge on any atom is 0.139 e. The minimum Gasteiger partial charge on any atom is -0.384 e. The lowest BCUT2D eigenvalue weighted by Crippen LogP contribution is -2.33. The van der Waals surface area contributed by atoms with Gasteiger partial charge in [-0.15, -0.1) is 0 Å². The first kappa shape index (κ1) is 11.5. The third-order valence-corrected chi connectivity index (χ3v) is 2.31. The number of rotatable bonds is 4. The molecule has 0 atom stereocenters. The van der Waals surface area contributed by atoms with Crippen molar-refractivity contribution in [3.63, 3.8) is 0 Å². The molecular formula is C11H18N4. The number of hydrogen-bond acceptors (Lipinski definition) is 3. The van der Waals surface area contributed by atoms with Gasteiger partial charge in [0.1, 0.15) is 11.7 Å². The van der Waals surface area contributed by atoms with Crippen molar-refractivity contribution in [2.24, 2.45) is 5.73 Å². The van der Waals surface area contributed by atoms with Crippen molar-refractivity contribution in [1.82, 2.24) is 4.98 Å². The summed E-state index contributed by atoms with van der Waals surface area (Å²) in [5, 5.41) is 7.50. The Hall–Kier alpha value is -1.58. The Labute approximate surface area is 90.6 Å². The molecule has 0 saturated carbocycles. The molecule has 0 aliphatic rings. The molecule has 4 heteroatoms. The molecule has 1 aromatic heterocycles. The normalized spacial score (nSPS) is 10.4. The van der Waals surface area contributed by atoms with E-state index < -0.39 is 0 Å². The van der Waals surface area contributed by atoms with Crippen molar-refractivity contribution < 1.29 is 0 Å². The van der Waals surface area contributed by atoms with Crippen LogP contribution < -0.4 is 10.6 Å². The van der Waals surface area contributed by atoms with Gasteiger partial charge in [0.15, 0.2) is 0 Å². The first-order chi connectivity index (χ1) is 7.07. The molecule has 82 valence electrons. The number of aromatic nitrogens is 1. The summed E-state index contributed by atoms with van der Waals surface area (Å²) in [6.07, 6.45) is 1.73. The highest BCUT2D eigenvalue weighted by molar-refractivity contribution is 5.99. The molecule has 1 aromatic rings. The Bertz CT molecular complexity index is 346. The third-order valence-electron chi connectivity index (χ3n) is 2.31. The Morgan fingerprint density at radius 3 is 2.73 bits per heavy atom. The average molecular weight is 206 g/mol. The lowest BCUT2D eigenvalue weighted by molar-refractivity contribution is 0.693. The molecule has 0 spiro atoms. The van der Waals surface area contributed by atoms with Gasteiger partial charge in [-0.1, -0.05) is 0 Å². The van der Waals surface area contributed by atoms with Crippen molar-refractivity contribution in [3.05, 3.63) is 23.9 Å². The Morgan fingerprint density at radius 2 is 2.27 bits per heavy atom. The predicted octanol–water partition coefficient (Wildman–Crippen LogP) is 1.60. The SMILES string of the molecule is CCN(c1ncccc1C(=N)N)C(C)C. The summed E-state index contributed by atoms with van der Waals surface area (Å²) in [6, 6.07) is 3.98. The molecule has 0 unspecified atom stereocenters. The fourth-order valence-electron chi connectivity index (χ4n) is 1.60. The second kappa shape index (κ2) is 4.77. The fourth-order valence-corrected chi connectivity index (χ4v) is 1.60. The van der Waals surface area contributed by atoms with Gasteiger partial charge in [-0.05, 0) is 32.9 Å². The Morgan fingerprint density at radius 1 is 1.60 bits per heavy atom. The number of pyridine rings is 1. The Balaban J connectivity index is 3.16. The van der Waals surface area contributed by atoms with Crippen molar-refractivity contribution in [2.75, 3.05) is 11.4 Å². The van der Waals surface area contributed by atoms with Gasteiger partial charge in [0, 0.05) is 18.8 Å². The number of anilines is 1. The van der Waals surface area contributed by atoms with Crippen LogP contribution in [0.3, 0.4) is 0 Å². The van der Waals surface area contributed by atoms with E-state index in [-0.39, 0.29) is 5.84 Å². The molecule has 0 aliphatic heterocycles. The quantitative estimate of drug-likeness (QED) is 0.581. The van der Waals surface area contributed by atoms with Crippen LogP contribution in [0.15, 0.2) is 18.3 Å². The van der Waals surface area contributed by atoms with E-state index in [2.05, 4.69) is 30.7 Å². The van der Waals surface area contributed by atoms with Crippen LogP contribution in [0.25, 0.3) is 0 Å². The zero-order valence-electron chi connectivity index (χ0n) is 9.49. The van der Waals surface area contributed by atoms with Gasteiger partial charge in [0.25, 0.3) is 0 Å². The minimum atomic E-state index is 0.0669. The highest BCUT2D eigenvalue weighted by Gasteiger charge is 2.14. The van der Waals surface area contributed by atoms with Gasteiger partial charge in [0.05, 0.1) is 5.56 Å². The van der Waals surface area contributed by atoms with Crippen LogP contribution in [-0.2, 0) is 0 Å². The molecule has 0 amide bonds. The maximum atomic E-state index is 7.50. The number of nitrogens with two attached hydrogens (primary N) is 1. The van der Waals surface area contributed by atoms with Crippen LogP contribution in [0.2, 0.25) is 0 Å². The summed E-state index contributed by atoms with van der Waals surface area (Å²) in [5.74, 6) is 0.861. The van der Waals surface area contributed by atoms with Crippen LogP contribution in [0.1, 0.15) is 26.3 Å². The summed E-state index contributed by atoms with van der Waals surface area (Å²) in [7, 11) is 0. The van der Waals surface area contributed by atoms with Gasteiger partial charge >= 0.3 is 0 Å². The number of hydrogen-bond donors (Lipinski definition) is 2. The standard InChI is InChI=1S/C11H18N4/c1-4-15(8(2)3)11-9(10(12)13)6-5-7-14-11/h5-8H,4H2,1-3H3,(H3,12,13). The highest BCUT2D eigenvalue weighted by atomic mass is 15.2. The highest BCUT2D eigenvalue weighted by Crippen LogP contribution is 2.18. The number of nitrogen functional groups attached to an aromatic ring is 1. The van der Waals surface area contributed by atoms with E-state index in [0.29, 0.717) is 11.6 Å². The number of nitrogens with one attached hydrogen (secondary N) is 1. The van der Waals surface area contributed by atoms with Gasteiger partial charge in [-0.3, -0.25) is 5.41 Å². The van der Waals surface area contributed by atoms with Crippen LogP contribution in [0.5, 0.6) is 0 Å². The monoisotopic (exact) mass is 206 g/mol. The average Bonchev–Trinajstić information content (AvgIpc) is 2.18. The maximum absolute atomic E-state index is 7.50. The van der Waals surface area contributed by atoms with Crippen molar-refractivity contribution >= 4 is 11.7 Å². The second-order valence-electron chi connectivity index (χ2n) is 3.67. The summed E-state index contributed by atoms with van der Waals surface area (Å²) in [6.45, 7) is 7.12. The van der Waals surface area contributed by atoms with Crippen molar-refractivity contribution in [2.45, 2.75) is 26.8 Å². The molecular weight excluding hydrogens is 188 g/mol. The number of amidine groups is 1. The summed E-state index contributed by atoms with van der Waals surface area (Å²) in [4.78, 5) is 6.42. The van der Waals surface area contributed by atoms with E-state index in [1.165, 1.54) is 0 Å². The van der Waals surface area contributed by atoms with Crippen LogP contribution in [0.4, 0.5) is 5.82 Å². The first-order valence-electron chi connectivity index (χ1n) is 5.14. The molecule has 0 bridgehead atoms. The van der Waals surface area contributed by atoms with E-state index >= 15 is 0 Å². The first-order valence-corrected chi connectivity index (χ1v) is 5.14. The molecule has 0 saturated heterocycles. The fraction of sp³-hybridized carbons (Fsp3) is 0.455. The molecule has 0 radical (unpaired) electrons. The van der Waals surface area contributed by atoms with E-state index in [9.17, 15) is 0 Å². The second-order valence-corrected chi connectivity index (χ2v) is 3.67. The Kier molecular flexibility index (Phi) is 3.66. The molecule has 1 rings (SSSR count). The van der Waals surface area contributed by atoms with Gasteiger partial charge in [0.2, 0.25) is 0 Å². The molecule has 0 fully saturated rings. The molecule has 0 aliphatic carbocycles. The lowest BCUT2D eigenvalue weighted by Gasteiger charge is -2.27. The molecule has 15 heavy (non-hydrogen) atoms. The molecule has 4 nitrogen and oxygen atoms in total. The van der Waals surface area contributed by atoms with Crippen LogP contribution in [0, 0.1) is 5.41 Å². The zero-order chi connectivity index (χ0) is 11.4. The largest absolute Gasteiger partial charge is 0.384 e. The van der Waals surface area contributed by atoms with Crippen molar-refractivity contribution in [1.29, 1.82) is 5.41 Å². The van der Waals surface area contributed by atoms with Crippen LogP contribution >= 0.6 is 0 Å². The van der Waals surface area contributed by atoms with Gasteiger partial charge in [-0.2, -0.15) is 0 Å². The lowest BCUT2D eigenvalue weighted by atomic mass is 10.2. The molecule has 1 heterocycles. The zero-order valence-corrected chi connectivity index (χ0v) is 9.49. The summed E-state index contributed by atoms with van der Waals surface area (Å²) >= 11 is 0. The number of nitrogens with zero attached hydrogens (tertiary/aromatic N) is 2. The predicted molar refractivity (Wildman–Crippen MR) is 63.4 cm³/mol. The minimum absolute atomic E-state index is 0.0669. The van der Waals surface area contributed by atoms with E-state index in [1.54, 1.807) is 12.3 Å². The van der Waals surface area contributed by atoms with Gasteiger partial charge in [-0.25, -0.2) is 4.98 Å².